The van der Waals surface area contributed by atoms with E-state index in [2.05, 4.69) is 163 Å². The molecule has 3 aromatic rings. The minimum absolute atomic E-state index is 0.219. The van der Waals surface area contributed by atoms with Gasteiger partial charge in [0.2, 0.25) is 0 Å². The smallest absolute Gasteiger partial charge is 0.104 e. The Morgan fingerprint density at radius 3 is 0.480 bits per heavy atom. The van der Waals surface area contributed by atoms with E-state index in [1.165, 1.54) is 33.4 Å². The monoisotopic (exact) mass is 687 g/mol. The van der Waals surface area contributed by atoms with Crippen LogP contribution in [0.25, 0.3) is 0 Å². The molecule has 0 heterocycles. The summed E-state index contributed by atoms with van der Waals surface area (Å²) in [5.41, 5.74) is 19.0. The Hall–Kier alpha value is -2.58. The van der Waals surface area contributed by atoms with E-state index < -0.39 is 0 Å². The lowest BCUT2D eigenvalue weighted by Gasteiger charge is -2.49. The van der Waals surface area contributed by atoms with E-state index in [0.29, 0.717) is 0 Å². The molecule has 6 heteroatoms. The fourth-order valence-electron chi connectivity index (χ4n) is 8.98. The molecule has 0 aliphatic heterocycles. The van der Waals surface area contributed by atoms with Crippen LogP contribution in [-0.4, -0.2) is 154 Å². The second kappa shape index (κ2) is 12.5. The van der Waals surface area contributed by atoms with Crippen LogP contribution in [0.4, 0.5) is 0 Å². The zero-order chi connectivity index (χ0) is 37.6. The van der Waals surface area contributed by atoms with Crippen LogP contribution in [0.3, 0.4) is 0 Å². The van der Waals surface area contributed by atoms with Gasteiger partial charge in [-0.3, -0.25) is 0 Å². The van der Waals surface area contributed by atoms with Crippen LogP contribution in [0.1, 0.15) is 78.6 Å². The summed E-state index contributed by atoms with van der Waals surface area (Å²) in [5.74, 6) is 0.439. The molecule has 0 N–H and O–H groups in total. The minimum atomic E-state index is 0.219. The quantitative estimate of drug-likeness (QED) is 0.143. The Labute approximate surface area is 307 Å². The summed E-state index contributed by atoms with van der Waals surface area (Å²) in [4.78, 5) is 0. The third kappa shape index (κ3) is 8.54. The number of hydrogen-bond donors (Lipinski definition) is 0. The summed E-state index contributed by atoms with van der Waals surface area (Å²) in [7, 11) is 42.5. The Bertz CT molecular complexity index is 1420. The third-order valence-electron chi connectivity index (χ3n) is 10.0. The average molecular weight is 687 g/mol. The van der Waals surface area contributed by atoms with Crippen LogP contribution < -0.4 is 0 Å². The van der Waals surface area contributed by atoms with Gasteiger partial charge in [-0.1, -0.05) is 36.4 Å². The predicted molar refractivity (Wildman–Crippen MR) is 212 cm³/mol. The molecule has 0 saturated carbocycles. The Morgan fingerprint density at radius 2 is 0.380 bits per heavy atom. The second-order valence-electron chi connectivity index (χ2n) is 22.2. The fraction of sp³-hybridized carbons (Fsp3) is 0.591. The molecule has 0 atom stereocenters. The summed E-state index contributed by atoms with van der Waals surface area (Å²) in [5, 5.41) is 0. The zero-order valence-electron chi connectivity index (χ0n) is 35.5. The Balaban J connectivity index is 2.03. The normalized spacial score (nSPS) is 17.9. The van der Waals surface area contributed by atoms with Gasteiger partial charge in [0, 0.05) is 45.2 Å². The molecule has 6 rings (SSSR count). The zero-order valence-corrected chi connectivity index (χ0v) is 35.5. The number of benzene rings is 3. The van der Waals surface area contributed by atoms with Gasteiger partial charge >= 0.3 is 0 Å². The first-order valence-corrected chi connectivity index (χ1v) is 18.8. The van der Waals surface area contributed by atoms with Crippen molar-refractivity contribution in [2.75, 3.05) is 127 Å². The van der Waals surface area contributed by atoms with Crippen molar-refractivity contribution in [3.63, 3.8) is 0 Å². The number of nitrogens with zero attached hydrogens (tertiary/aromatic N) is 6. The molecule has 6 nitrogen and oxygen atoms in total. The van der Waals surface area contributed by atoms with E-state index >= 15 is 0 Å². The summed E-state index contributed by atoms with van der Waals surface area (Å²) in [6.07, 6.45) is 0. The summed E-state index contributed by atoms with van der Waals surface area (Å²) < 4.78 is 5.49. The third-order valence-corrected chi connectivity index (χ3v) is 10.0. The lowest BCUT2D eigenvalue weighted by Crippen LogP contribution is -2.42. The van der Waals surface area contributed by atoms with Crippen LogP contribution >= 0.6 is 0 Å². The van der Waals surface area contributed by atoms with Crippen molar-refractivity contribution in [2.45, 2.75) is 51.1 Å². The van der Waals surface area contributed by atoms with Crippen molar-refractivity contribution in [3.05, 3.63) is 103 Å². The van der Waals surface area contributed by atoms with Crippen molar-refractivity contribution in [2.24, 2.45) is 0 Å². The second-order valence-corrected chi connectivity index (χ2v) is 22.2. The molecule has 0 radical (unpaired) electrons. The first-order valence-electron chi connectivity index (χ1n) is 18.8. The van der Waals surface area contributed by atoms with Crippen molar-refractivity contribution in [1.29, 1.82) is 0 Å². The van der Waals surface area contributed by atoms with Crippen LogP contribution in [0.2, 0.25) is 0 Å². The number of hydrogen-bond acceptors (Lipinski definition) is 0. The minimum Gasteiger partial charge on any atom is -0.327 e. The molecule has 0 amide bonds. The van der Waals surface area contributed by atoms with Crippen molar-refractivity contribution in [3.8, 4) is 0 Å². The van der Waals surface area contributed by atoms with Crippen LogP contribution in [0.15, 0.2) is 36.4 Å². The van der Waals surface area contributed by atoms with Crippen LogP contribution in [0, 0.1) is 0 Å². The van der Waals surface area contributed by atoms with E-state index in [-0.39, 0.29) is 11.8 Å². The van der Waals surface area contributed by atoms with Crippen molar-refractivity contribution >= 4 is 0 Å². The van der Waals surface area contributed by atoms with Gasteiger partial charge in [0.1, 0.15) is 39.3 Å². The molecule has 0 fully saturated rings. The molecule has 0 saturated heterocycles. The highest BCUT2D eigenvalue weighted by Gasteiger charge is 2.50. The average Bonchev–Trinajstić information content (AvgIpc) is 2.87. The molecule has 0 unspecified atom stereocenters. The van der Waals surface area contributed by atoms with Crippen LogP contribution in [0.5, 0.6) is 0 Å². The van der Waals surface area contributed by atoms with Gasteiger partial charge in [-0.2, -0.15) is 0 Å². The molecule has 0 aromatic heterocycles. The van der Waals surface area contributed by atoms with Crippen molar-refractivity contribution in [1.82, 2.24) is 0 Å². The SMILES string of the molecule is C[N+](C)(C)Cc1ccc(C[N+](C)(C)C)c2c1C1c3c(C[N+](C)(C)C)ccc(C[N+](C)(C)C)c3C2c2c(C[N+](C)(C)C)ccc(C[N+](C)(C)C)c21. The summed E-state index contributed by atoms with van der Waals surface area (Å²) in [6.45, 7) is 6.13. The highest BCUT2D eigenvalue weighted by molar-refractivity contribution is 5.75. The fourth-order valence-corrected chi connectivity index (χ4v) is 8.98. The molecular formula is C44H74N6+6. The highest BCUT2D eigenvalue weighted by atomic mass is 15.3. The maximum Gasteiger partial charge on any atom is 0.104 e. The maximum absolute atomic E-state index is 2.53. The van der Waals surface area contributed by atoms with Gasteiger partial charge in [-0.25, -0.2) is 0 Å². The first-order chi connectivity index (χ1) is 22.5. The lowest BCUT2D eigenvalue weighted by atomic mass is 9.56. The predicted octanol–water partition coefficient (Wildman–Crippen LogP) is 5.91. The molecule has 3 aliphatic rings. The van der Waals surface area contributed by atoms with Gasteiger partial charge in [0.05, 0.1) is 127 Å². The van der Waals surface area contributed by atoms with Gasteiger partial charge in [-0.15, -0.1) is 0 Å². The molecule has 3 aliphatic carbocycles. The van der Waals surface area contributed by atoms with Crippen LogP contribution in [-0.2, 0) is 39.3 Å². The molecular weight excluding hydrogens is 613 g/mol. The van der Waals surface area contributed by atoms with E-state index in [0.717, 1.165) is 66.2 Å². The molecule has 3 aromatic carbocycles. The molecule has 2 bridgehead atoms. The lowest BCUT2D eigenvalue weighted by molar-refractivity contribution is -0.884. The first kappa shape index (κ1) is 38.6. The van der Waals surface area contributed by atoms with Gasteiger partial charge < -0.3 is 26.9 Å². The van der Waals surface area contributed by atoms with Gasteiger partial charge in [0.15, 0.2) is 0 Å². The molecule has 274 valence electrons. The van der Waals surface area contributed by atoms with Gasteiger partial charge in [-0.05, 0) is 33.4 Å². The Kier molecular flexibility index (Phi) is 9.69. The van der Waals surface area contributed by atoms with E-state index in [1.54, 1.807) is 33.4 Å². The van der Waals surface area contributed by atoms with Crippen molar-refractivity contribution < 1.29 is 26.9 Å². The van der Waals surface area contributed by atoms with E-state index in [9.17, 15) is 0 Å². The molecule has 50 heavy (non-hydrogen) atoms. The molecule has 0 spiro atoms. The highest BCUT2D eigenvalue weighted by Crippen LogP contribution is 2.61. The van der Waals surface area contributed by atoms with E-state index in [1.807, 2.05) is 0 Å². The maximum atomic E-state index is 2.53. The summed E-state index contributed by atoms with van der Waals surface area (Å²) >= 11 is 0. The van der Waals surface area contributed by atoms with Gasteiger partial charge in [0.25, 0.3) is 0 Å². The number of rotatable bonds is 12. The van der Waals surface area contributed by atoms with E-state index in [4.69, 9.17) is 0 Å². The number of quaternary nitrogens is 6. The Morgan fingerprint density at radius 1 is 0.260 bits per heavy atom. The largest absolute Gasteiger partial charge is 0.327 e. The standard InChI is InChI=1S/C44H74N6/c1-45(2,3)25-31-19-20-32(26-46(4,5)6)38-37(31)43-39-33(27-47(7,8)9)21-23-35(29-49(13,14)15)41(39)44(38)42-36(30-50(16,17)18)24-22-34(40(42)43)28-48(10,11)12/h19-24,43-44H,25-30H2,1-18H3/q+6. The topological polar surface area (TPSA) is 0 Å². The summed E-state index contributed by atoms with van der Waals surface area (Å²) in [6, 6.07) is 15.2.